The van der Waals surface area contributed by atoms with Crippen molar-refractivity contribution in [1.29, 1.82) is 0 Å². The van der Waals surface area contributed by atoms with Crippen molar-refractivity contribution in [3.05, 3.63) is 16.1 Å². The number of hydrogen-bond acceptors (Lipinski definition) is 4. The van der Waals surface area contributed by atoms with Gasteiger partial charge in [-0.25, -0.2) is 4.98 Å². The van der Waals surface area contributed by atoms with Crippen LogP contribution >= 0.6 is 35.3 Å². The van der Waals surface area contributed by atoms with Crippen LogP contribution in [0.3, 0.4) is 0 Å². The Morgan fingerprint density at radius 3 is 2.52 bits per heavy atom. The second-order valence-electron chi connectivity index (χ2n) is 9.24. The number of nitrogens with one attached hydrogen (secondary N) is 2. The molecule has 2 unspecified atom stereocenters. The molecular formula is C20H37IN4OS. The molecule has 0 amide bonds. The van der Waals surface area contributed by atoms with E-state index >= 15 is 0 Å². The molecule has 7 heteroatoms. The van der Waals surface area contributed by atoms with Gasteiger partial charge < -0.3 is 15.4 Å². The van der Waals surface area contributed by atoms with Crippen LogP contribution < -0.4 is 10.6 Å². The SMILES string of the molecule is CN=C(NCc1nc(C(C)(C)C)cs1)NCC1CCCOC1C(C)(C)C.I. The van der Waals surface area contributed by atoms with Crippen molar-refractivity contribution in [3.8, 4) is 0 Å². The number of hydrogen-bond donors (Lipinski definition) is 2. The lowest BCUT2D eigenvalue weighted by molar-refractivity contribution is -0.0835. The van der Waals surface area contributed by atoms with Crippen molar-refractivity contribution in [3.63, 3.8) is 0 Å². The zero-order chi connectivity index (χ0) is 19.4. The average molecular weight is 509 g/mol. The van der Waals surface area contributed by atoms with Gasteiger partial charge >= 0.3 is 0 Å². The van der Waals surface area contributed by atoms with Gasteiger partial charge in [-0.3, -0.25) is 4.99 Å². The molecule has 0 saturated carbocycles. The van der Waals surface area contributed by atoms with Gasteiger partial charge in [0.05, 0.1) is 18.3 Å². The van der Waals surface area contributed by atoms with Crippen molar-refractivity contribution >= 4 is 41.3 Å². The highest BCUT2D eigenvalue weighted by atomic mass is 127. The number of halogens is 1. The van der Waals surface area contributed by atoms with Crippen LogP contribution in [0.2, 0.25) is 0 Å². The lowest BCUT2D eigenvalue weighted by Crippen LogP contribution is -2.47. The molecule has 1 aromatic rings. The van der Waals surface area contributed by atoms with Gasteiger partial charge in [0.1, 0.15) is 5.01 Å². The number of ether oxygens (including phenoxy) is 1. The highest BCUT2D eigenvalue weighted by molar-refractivity contribution is 14.0. The Hall–Kier alpha value is -0.410. The predicted octanol–water partition coefficient (Wildman–Crippen LogP) is 4.56. The summed E-state index contributed by atoms with van der Waals surface area (Å²) in [7, 11) is 1.82. The van der Waals surface area contributed by atoms with Gasteiger partial charge in [0.2, 0.25) is 0 Å². The molecule has 0 aromatic carbocycles. The minimum absolute atomic E-state index is 0. The first-order chi connectivity index (χ1) is 12.1. The Kier molecular flexibility index (Phi) is 9.48. The van der Waals surface area contributed by atoms with Gasteiger partial charge in [-0.05, 0) is 18.3 Å². The molecule has 0 spiro atoms. The maximum Gasteiger partial charge on any atom is 0.191 e. The Bertz CT molecular complexity index is 604. The molecule has 1 aromatic heterocycles. The summed E-state index contributed by atoms with van der Waals surface area (Å²) < 4.78 is 6.08. The summed E-state index contributed by atoms with van der Waals surface area (Å²) in [6.45, 7) is 15.8. The van der Waals surface area contributed by atoms with Gasteiger partial charge in [-0.2, -0.15) is 0 Å². The van der Waals surface area contributed by atoms with Crippen molar-refractivity contribution < 1.29 is 4.74 Å². The van der Waals surface area contributed by atoms with Crippen LogP contribution in [-0.4, -0.2) is 37.2 Å². The number of aromatic nitrogens is 1. The quantitative estimate of drug-likeness (QED) is 0.356. The molecule has 2 atom stereocenters. The van der Waals surface area contributed by atoms with Crippen molar-refractivity contribution in [2.75, 3.05) is 20.2 Å². The summed E-state index contributed by atoms with van der Waals surface area (Å²) in [5, 5.41) is 10.1. The van der Waals surface area contributed by atoms with Gasteiger partial charge in [-0.15, -0.1) is 35.3 Å². The van der Waals surface area contributed by atoms with E-state index in [-0.39, 0.29) is 40.9 Å². The smallest absolute Gasteiger partial charge is 0.191 e. The van der Waals surface area contributed by atoms with Crippen molar-refractivity contribution in [1.82, 2.24) is 15.6 Å². The lowest BCUT2D eigenvalue weighted by atomic mass is 9.78. The van der Waals surface area contributed by atoms with E-state index in [1.54, 1.807) is 11.3 Å². The first kappa shape index (κ1) is 24.6. The first-order valence-electron chi connectivity index (χ1n) is 9.62. The van der Waals surface area contributed by atoms with Crippen LogP contribution in [0.25, 0.3) is 0 Å². The average Bonchev–Trinajstić information content (AvgIpc) is 3.04. The summed E-state index contributed by atoms with van der Waals surface area (Å²) in [5.41, 5.74) is 1.40. The third kappa shape index (κ3) is 7.49. The van der Waals surface area contributed by atoms with Crippen LogP contribution in [0, 0.1) is 11.3 Å². The fourth-order valence-electron chi connectivity index (χ4n) is 3.35. The zero-order valence-corrected chi connectivity index (χ0v) is 21.0. The zero-order valence-electron chi connectivity index (χ0n) is 17.9. The number of guanidine groups is 1. The van der Waals surface area contributed by atoms with E-state index in [2.05, 4.69) is 62.5 Å². The highest BCUT2D eigenvalue weighted by Gasteiger charge is 2.35. The molecule has 1 fully saturated rings. The van der Waals surface area contributed by atoms with E-state index in [1.807, 2.05) is 7.05 Å². The van der Waals surface area contributed by atoms with E-state index in [9.17, 15) is 0 Å². The second-order valence-corrected chi connectivity index (χ2v) is 10.2. The molecule has 1 aliphatic heterocycles. The topological polar surface area (TPSA) is 58.5 Å². The second kappa shape index (κ2) is 10.4. The first-order valence-corrected chi connectivity index (χ1v) is 10.5. The molecule has 0 aliphatic carbocycles. The lowest BCUT2D eigenvalue weighted by Gasteiger charge is -2.40. The Labute approximate surface area is 186 Å². The molecule has 0 radical (unpaired) electrons. The van der Waals surface area contributed by atoms with Gasteiger partial charge in [-0.1, -0.05) is 41.5 Å². The van der Waals surface area contributed by atoms with Crippen LogP contribution in [0.4, 0.5) is 0 Å². The normalized spacial score (nSPS) is 21.5. The third-order valence-electron chi connectivity index (χ3n) is 4.78. The molecule has 1 saturated heterocycles. The molecule has 2 N–H and O–H groups in total. The fraction of sp³-hybridized carbons (Fsp3) is 0.800. The fourth-order valence-corrected chi connectivity index (χ4v) is 4.31. The molecule has 2 rings (SSSR count). The summed E-state index contributed by atoms with van der Waals surface area (Å²) in [4.78, 5) is 9.10. The number of aliphatic imine (C=N–C) groups is 1. The van der Waals surface area contributed by atoms with Crippen LogP contribution in [0.5, 0.6) is 0 Å². The maximum absolute atomic E-state index is 6.08. The number of thiazole rings is 1. The third-order valence-corrected chi connectivity index (χ3v) is 5.63. The van der Waals surface area contributed by atoms with Crippen LogP contribution in [0.15, 0.2) is 10.4 Å². The van der Waals surface area contributed by atoms with E-state index in [4.69, 9.17) is 9.72 Å². The Morgan fingerprint density at radius 1 is 1.26 bits per heavy atom. The van der Waals surface area contributed by atoms with E-state index in [0.29, 0.717) is 12.5 Å². The van der Waals surface area contributed by atoms with Crippen molar-refractivity contribution in [2.45, 2.75) is 72.4 Å². The monoisotopic (exact) mass is 508 g/mol. The summed E-state index contributed by atoms with van der Waals surface area (Å²) in [6, 6.07) is 0. The maximum atomic E-state index is 6.08. The van der Waals surface area contributed by atoms with E-state index in [0.717, 1.165) is 36.2 Å². The molecule has 5 nitrogen and oxygen atoms in total. The molecule has 156 valence electrons. The van der Waals surface area contributed by atoms with E-state index in [1.165, 1.54) is 6.42 Å². The summed E-state index contributed by atoms with van der Waals surface area (Å²) in [6.07, 6.45) is 2.63. The van der Waals surface area contributed by atoms with Gasteiger partial charge in [0.15, 0.2) is 5.96 Å². The van der Waals surface area contributed by atoms with Gasteiger partial charge in [0.25, 0.3) is 0 Å². The van der Waals surface area contributed by atoms with Crippen molar-refractivity contribution in [2.24, 2.45) is 16.3 Å². The van der Waals surface area contributed by atoms with Crippen LogP contribution in [-0.2, 0) is 16.7 Å². The van der Waals surface area contributed by atoms with Gasteiger partial charge in [0, 0.05) is 36.9 Å². The standard InChI is InChI=1S/C20H36N4OS.HI/c1-19(2,3)15-13-26-16(24-15)12-23-18(21-7)22-11-14-9-8-10-25-17(14)20(4,5)6;/h13-14,17H,8-12H2,1-7H3,(H2,21,22,23);1H. The number of rotatable bonds is 4. The molecule has 1 aliphatic rings. The van der Waals surface area contributed by atoms with Crippen LogP contribution in [0.1, 0.15) is 65.1 Å². The minimum Gasteiger partial charge on any atom is -0.377 e. The molecule has 27 heavy (non-hydrogen) atoms. The molecule has 0 bridgehead atoms. The Balaban J connectivity index is 0.00000364. The Morgan fingerprint density at radius 2 is 1.96 bits per heavy atom. The molecular weight excluding hydrogens is 471 g/mol. The predicted molar refractivity (Wildman–Crippen MR) is 126 cm³/mol. The molecule has 2 heterocycles. The number of nitrogens with zero attached hydrogens (tertiary/aromatic N) is 2. The summed E-state index contributed by atoms with van der Waals surface area (Å²) in [5.74, 6) is 1.34. The highest BCUT2D eigenvalue weighted by Crippen LogP contribution is 2.33. The largest absolute Gasteiger partial charge is 0.377 e. The summed E-state index contributed by atoms with van der Waals surface area (Å²) >= 11 is 1.70. The van der Waals surface area contributed by atoms with E-state index < -0.39 is 0 Å². The minimum atomic E-state index is 0.